The van der Waals surface area contributed by atoms with Gasteiger partial charge in [-0.2, -0.15) is 0 Å². The van der Waals surface area contributed by atoms with Gasteiger partial charge in [-0.05, 0) is 18.2 Å². The fraction of sp³-hybridized carbons (Fsp3) is 0. The van der Waals surface area contributed by atoms with Gasteiger partial charge in [0.05, 0.1) is 0 Å². The Morgan fingerprint density at radius 3 is 2.28 bits per heavy atom. The summed E-state index contributed by atoms with van der Waals surface area (Å²) in [6, 6.07) is 10.6. The second kappa shape index (κ2) is 5.24. The monoisotopic (exact) mass is 280 g/mol. The summed E-state index contributed by atoms with van der Waals surface area (Å²) < 4.78 is 0. The molecule has 1 heterocycles. The summed E-state index contributed by atoms with van der Waals surface area (Å²) in [6.07, 6.45) is 0. The van der Waals surface area contributed by atoms with E-state index in [9.17, 15) is 9.59 Å². The number of thiophene rings is 1. The largest absolute Gasteiger partial charge is 0.477 e. The van der Waals surface area contributed by atoms with Gasteiger partial charge >= 0.3 is 11.9 Å². The van der Waals surface area contributed by atoms with Crippen molar-refractivity contribution >= 4 is 35.0 Å². The zero-order valence-electron chi connectivity index (χ0n) is 8.99. The number of aromatic carboxylic acids is 2. The Morgan fingerprint density at radius 1 is 1.06 bits per heavy atom. The van der Waals surface area contributed by atoms with Crippen LogP contribution < -0.4 is 0 Å². The molecule has 0 aliphatic rings. The molecule has 0 aliphatic heterocycles. The third-order valence-corrected chi connectivity index (χ3v) is 4.36. The van der Waals surface area contributed by atoms with Crippen molar-refractivity contribution in [2.24, 2.45) is 0 Å². The average Bonchev–Trinajstić information content (AvgIpc) is 2.74. The summed E-state index contributed by atoms with van der Waals surface area (Å²) in [5.74, 6) is -2.21. The molecule has 18 heavy (non-hydrogen) atoms. The van der Waals surface area contributed by atoms with E-state index in [4.69, 9.17) is 10.2 Å². The average molecular weight is 280 g/mol. The lowest BCUT2D eigenvalue weighted by molar-refractivity contribution is 0.0690. The fourth-order valence-electron chi connectivity index (χ4n) is 1.32. The predicted octanol–water partition coefficient (Wildman–Crippen LogP) is 3.30. The van der Waals surface area contributed by atoms with Gasteiger partial charge in [0.2, 0.25) is 0 Å². The first-order valence-electron chi connectivity index (χ1n) is 4.91. The second-order valence-electron chi connectivity index (χ2n) is 3.33. The first kappa shape index (κ1) is 12.7. The molecule has 0 unspecified atom stereocenters. The molecule has 1 aromatic heterocycles. The van der Waals surface area contributed by atoms with E-state index in [1.165, 1.54) is 17.8 Å². The van der Waals surface area contributed by atoms with Crippen molar-refractivity contribution in [3.63, 3.8) is 0 Å². The third-order valence-electron chi connectivity index (χ3n) is 2.07. The van der Waals surface area contributed by atoms with Gasteiger partial charge in [0, 0.05) is 9.79 Å². The number of carboxylic acids is 2. The van der Waals surface area contributed by atoms with Crippen molar-refractivity contribution in [1.82, 2.24) is 0 Å². The Hall–Kier alpha value is -1.79. The van der Waals surface area contributed by atoms with Crippen LogP contribution in [0.15, 0.2) is 46.2 Å². The highest BCUT2D eigenvalue weighted by molar-refractivity contribution is 7.99. The van der Waals surface area contributed by atoms with E-state index in [0.29, 0.717) is 4.90 Å². The molecule has 2 N–H and O–H groups in total. The highest BCUT2D eigenvalue weighted by Crippen LogP contribution is 2.35. The van der Waals surface area contributed by atoms with Gasteiger partial charge in [0.1, 0.15) is 9.75 Å². The lowest BCUT2D eigenvalue weighted by Crippen LogP contribution is -1.93. The Bertz CT molecular complexity index is 589. The van der Waals surface area contributed by atoms with Crippen LogP contribution in [0.25, 0.3) is 0 Å². The van der Waals surface area contributed by atoms with Crippen molar-refractivity contribution in [2.75, 3.05) is 0 Å². The molecule has 0 fully saturated rings. The highest BCUT2D eigenvalue weighted by Gasteiger charge is 2.19. The van der Waals surface area contributed by atoms with Crippen LogP contribution in [0, 0.1) is 0 Å². The molecule has 0 atom stereocenters. The lowest BCUT2D eigenvalue weighted by Gasteiger charge is -1.99. The topological polar surface area (TPSA) is 74.6 Å². The van der Waals surface area contributed by atoms with Gasteiger partial charge in [0.25, 0.3) is 0 Å². The van der Waals surface area contributed by atoms with Crippen molar-refractivity contribution in [3.05, 3.63) is 46.2 Å². The van der Waals surface area contributed by atoms with Crippen LogP contribution >= 0.6 is 23.1 Å². The predicted molar refractivity (Wildman–Crippen MR) is 68.8 cm³/mol. The van der Waals surface area contributed by atoms with Gasteiger partial charge in [0.15, 0.2) is 0 Å². The molecule has 1 aromatic carbocycles. The zero-order valence-corrected chi connectivity index (χ0v) is 10.6. The smallest absolute Gasteiger partial charge is 0.347 e. The number of benzene rings is 1. The van der Waals surface area contributed by atoms with Crippen LogP contribution in [0.3, 0.4) is 0 Å². The van der Waals surface area contributed by atoms with Crippen LogP contribution in [-0.2, 0) is 0 Å². The molecule has 0 radical (unpaired) electrons. The van der Waals surface area contributed by atoms with Gasteiger partial charge < -0.3 is 10.2 Å². The Balaban J connectivity index is 2.37. The first-order valence-corrected chi connectivity index (χ1v) is 6.54. The first-order chi connectivity index (χ1) is 8.58. The number of rotatable bonds is 4. The molecule has 2 aromatic rings. The van der Waals surface area contributed by atoms with E-state index in [0.717, 1.165) is 16.2 Å². The highest BCUT2D eigenvalue weighted by atomic mass is 32.2. The van der Waals surface area contributed by atoms with Crippen LogP contribution in [0.1, 0.15) is 19.3 Å². The van der Waals surface area contributed by atoms with E-state index in [1.54, 1.807) is 0 Å². The molecule has 0 spiro atoms. The third kappa shape index (κ3) is 2.72. The zero-order chi connectivity index (χ0) is 13.1. The minimum absolute atomic E-state index is 0.0332. The number of carboxylic acid groups (broad SMARTS) is 2. The minimum atomic E-state index is -1.11. The molecular formula is C12H8O4S2. The molecule has 0 saturated heterocycles. The van der Waals surface area contributed by atoms with Crippen LogP contribution in [0.2, 0.25) is 0 Å². The molecule has 0 aliphatic carbocycles. The summed E-state index contributed by atoms with van der Waals surface area (Å²) in [5, 5.41) is 17.9. The summed E-state index contributed by atoms with van der Waals surface area (Å²) in [6.45, 7) is 0. The Kier molecular flexibility index (Phi) is 3.69. The van der Waals surface area contributed by atoms with Crippen LogP contribution in [0.4, 0.5) is 0 Å². The van der Waals surface area contributed by atoms with E-state index in [1.807, 2.05) is 30.3 Å². The molecular weight excluding hydrogens is 272 g/mol. The summed E-state index contributed by atoms with van der Waals surface area (Å²) >= 11 is 2.02. The van der Waals surface area contributed by atoms with Crippen LogP contribution in [0.5, 0.6) is 0 Å². The molecule has 0 bridgehead atoms. The molecule has 0 amide bonds. The molecule has 4 nitrogen and oxygen atoms in total. The van der Waals surface area contributed by atoms with E-state index in [-0.39, 0.29) is 9.75 Å². The minimum Gasteiger partial charge on any atom is -0.477 e. The van der Waals surface area contributed by atoms with Gasteiger partial charge in [-0.25, -0.2) is 9.59 Å². The van der Waals surface area contributed by atoms with E-state index in [2.05, 4.69) is 0 Å². The maximum Gasteiger partial charge on any atom is 0.347 e. The number of carbonyl (C=O) groups is 2. The van der Waals surface area contributed by atoms with Crippen molar-refractivity contribution < 1.29 is 19.8 Å². The molecule has 92 valence electrons. The quantitative estimate of drug-likeness (QED) is 0.898. The summed E-state index contributed by atoms with van der Waals surface area (Å²) in [7, 11) is 0. The fourth-order valence-corrected chi connectivity index (χ4v) is 3.28. The van der Waals surface area contributed by atoms with Gasteiger partial charge in [-0.1, -0.05) is 30.0 Å². The second-order valence-corrected chi connectivity index (χ2v) is 5.50. The van der Waals surface area contributed by atoms with E-state index < -0.39 is 11.9 Å². The van der Waals surface area contributed by atoms with Crippen molar-refractivity contribution in [1.29, 1.82) is 0 Å². The van der Waals surface area contributed by atoms with Gasteiger partial charge in [-0.15, -0.1) is 11.3 Å². The summed E-state index contributed by atoms with van der Waals surface area (Å²) in [4.78, 5) is 23.3. The van der Waals surface area contributed by atoms with Gasteiger partial charge in [-0.3, -0.25) is 0 Å². The normalized spacial score (nSPS) is 10.2. The Morgan fingerprint density at radius 2 is 1.72 bits per heavy atom. The summed E-state index contributed by atoms with van der Waals surface area (Å²) in [5.41, 5.74) is 0. The lowest BCUT2D eigenvalue weighted by atomic mass is 10.4. The maximum absolute atomic E-state index is 11.1. The number of hydrogen-bond donors (Lipinski definition) is 2. The standard InChI is InChI=1S/C12H8O4S2/c13-11(14)9-6-8(10(18-9)12(15)16)17-7-4-2-1-3-5-7/h1-6H,(H,13,14)(H,15,16). The van der Waals surface area contributed by atoms with Crippen molar-refractivity contribution in [2.45, 2.75) is 9.79 Å². The SMILES string of the molecule is O=C(O)c1cc(Sc2ccccc2)c(C(=O)O)s1. The molecule has 2 rings (SSSR count). The van der Waals surface area contributed by atoms with Crippen LogP contribution in [-0.4, -0.2) is 22.2 Å². The maximum atomic E-state index is 11.1. The van der Waals surface area contributed by atoms with E-state index >= 15 is 0 Å². The van der Waals surface area contributed by atoms with Crippen molar-refractivity contribution in [3.8, 4) is 0 Å². The molecule has 6 heteroatoms. The number of hydrogen-bond acceptors (Lipinski definition) is 4. The molecule has 0 saturated carbocycles. The Labute approximate surface area is 111 Å².